The van der Waals surface area contributed by atoms with E-state index in [0.29, 0.717) is 18.8 Å². The SMILES string of the molecule is CCCCC1CCC([C@H]2CCC(C(=O)O)C[C@@H]2C(F)(F)C(C)(F)F)CC1. The Hall–Kier alpha value is -0.810. The fraction of sp³-hybridized carbons (Fsp3) is 0.950. The first-order valence-corrected chi connectivity index (χ1v) is 10.1. The summed E-state index contributed by atoms with van der Waals surface area (Å²) in [6.07, 6.45) is 7.32. The van der Waals surface area contributed by atoms with Gasteiger partial charge in [0.05, 0.1) is 5.92 Å². The van der Waals surface area contributed by atoms with Crippen molar-refractivity contribution < 1.29 is 27.5 Å². The normalized spacial score (nSPS) is 33.8. The van der Waals surface area contributed by atoms with E-state index in [0.717, 1.165) is 38.5 Å². The molecule has 0 amide bonds. The monoisotopic (exact) mass is 380 g/mol. The predicted molar refractivity (Wildman–Crippen MR) is 92.5 cm³/mol. The van der Waals surface area contributed by atoms with Gasteiger partial charge in [0.1, 0.15) is 0 Å². The number of carbonyl (C=O) groups is 1. The van der Waals surface area contributed by atoms with Gasteiger partial charge >= 0.3 is 17.8 Å². The van der Waals surface area contributed by atoms with Crippen LogP contribution in [0.15, 0.2) is 0 Å². The Morgan fingerprint density at radius 1 is 1.04 bits per heavy atom. The number of hydrogen-bond acceptors (Lipinski definition) is 1. The lowest BCUT2D eigenvalue weighted by molar-refractivity contribution is -0.247. The van der Waals surface area contributed by atoms with Gasteiger partial charge in [-0.25, -0.2) is 8.78 Å². The van der Waals surface area contributed by atoms with E-state index in [2.05, 4.69) is 6.92 Å². The third-order valence-corrected chi connectivity index (χ3v) is 6.77. The summed E-state index contributed by atoms with van der Waals surface area (Å²) in [6, 6.07) is 0. The molecule has 152 valence electrons. The van der Waals surface area contributed by atoms with Crippen molar-refractivity contribution in [2.75, 3.05) is 0 Å². The van der Waals surface area contributed by atoms with Crippen LogP contribution in [0.25, 0.3) is 0 Å². The van der Waals surface area contributed by atoms with Gasteiger partial charge in [-0.2, -0.15) is 8.78 Å². The molecule has 2 nitrogen and oxygen atoms in total. The number of hydrogen-bond donors (Lipinski definition) is 1. The molecule has 26 heavy (non-hydrogen) atoms. The smallest absolute Gasteiger partial charge is 0.312 e. The zero-order chi connectivity index (χ0) is 19.5. The second kappa shape index (κ2) is 8.47. The number of carboxylic acid groups (broad SMARTS) is 1. The molecule has 0 radical (unpaired) electrons. The molecular formula is C20H32F4O2. The third kappa shape index (κ3) is 4.72. The van der Waals surface area contributed by atoms with Crippen LogP contribution >= 0.6 is 0 Å². The Labute approximate surface area is 153 Å². The zero-order valence-corrected chi connectivity index (χ0v) is 15.8. The van der Waals surface area contributed by atoms with Crippen LogP contribution in [0.5, 0.6) is 0 Å². The van der Waals surface area contributed by atoms with Crippen LogP contribution in [0.3, 0.4) is 0 Å². The average molecular weight is 380 g/mol. The minimum Gasteiger partial charge on any atom is -0.481 e. The minimum absolute atomic E-state index is 0.0147. The summed E-state index contributed by atoms with van der Waals surface area (Å²) in [6.45, 7) is 2.40. The maximum atomic E-state index is 14.6. The van der Waals surface area contributed by atoms with Gasteiger partial charge in [-0.15, -0.1) is 0 Å². The predicted octanol–water partition coefficient (Wildman–Crippen LogP) is 6.39. The van der Waals surface area contributed by atoms with Crippen LogP contribution in [0.4, 0.5) is 17.6 Å². The molecule has 2 fully saturated rings. The van der Waals surface area contributed by atoms with E-state index in [1.54, 1.807) is 0 Å². The van der Waals surface area contributed by atoms with Gasteiger partial charge in [-0.3, -0.25) is 4.79 Å². The van der Waals surface area contributed by atoms with Crippen molar-refractivity contribution in [2.24, 2.45) is 29.6 Å². The Kier molecular flexibility index (Phi) is 7.00. The van der Waals surface area contributed by atoms with E-state index in [-0.39, 0.29) is 19.3 Å². The highest BCUT2D eigenvalue weighted by molar-refractivity contribution is 5.70. The molecule has 1 N–H and O–H groups in total. The molecule has 0 saturated heterocycles. The summed E-state index contributed by atoms with van der Waals surface area (Å²) >= 11 is 0. The average Bonchev–Trinajstić information content (AvgIpc) is 2.59. The number of halogens is 4. The van der Waals surface area contributed by atoms with Crippen LogP contribution in [-0.2, 0) is 4.79 Å². The fourth-order valence-corrected chi connectivity index (χ4v) is 5.12. The summed E-state index contributed by atoms with van der Waals surface area (Å²) in [5.41, 5.74) is 0. The summed E-state index contributed by atoms with van der Waals surface area (Å²) in [5, 5.41) is 9.21. The molecule has 2 aliphatic rings. The van der Waals surface area contributed by atoms with Crippen molar-refractivity contribution in [3.8, 4) is 0 Å². The summed E-state index contributed by atoms with van der Waals surface area (Å²) in [7, 11) is 0. The van der Waals surface area contributed by atoms with Crippen molar-refractivity contribution in [3.05, 3.63) is 0 Å². The second-order valence-electron chi connectivity index (χ2n) is 8.55. The lowest BCUT2D eigenvalue weighted by atomic mass is 9.62. The number of rotatable bonds is 7. The van der Waals surface area contributed by atoms with Crippen LogP contribution < -0.4 is 0 Å². The summed E-state index contributed by atoms with van der Waals surface area (Å²) in [5.74, 6) is -11.8. The van der Waals surface area contributed by atoms with E-state index in [1.165, 1.54) is 6.42 Å². The van der Waals surface area contributed by atoms with Gasteiger partial charge in [0.25, 0.3) is 0 Å². The van der Waals surface area contributed by atoms with E-state index in [4.69, 9.17) is 0 Å². The number of alkyl halides is 4. The summed E-state index contributed by atoms with van der Waals surface area (Å²) in [4.78, 5) is 11.3. The Morgan fingerprint density at radius 2 is 1.65 bits per heavy atom. The molecular weight excluding hydrogens is 348 g/mol. The Morgan fingerprint density at radius 3 is 2.15 bits per heavy atom. The fourth-order valence-electron chi connectivity index (χ4n) is 5.12. The molecule has 0 bridgehead atoms. The zero-order valence-electron chi connectivity index (χ0n) is 15.8. The van der Waals surface area contributed by atoms with E-state index < -0.39 is 35.6 Å². The van der Waals surface area contributed by atoms with Gasteiger partial charge in [-0.1, -0.05) is 39.0 Å². The molecule has 0 aliphatic heterocycles. The first kappa shape index (κ1) is 21.5. The third-order valence-electron chi connectivity index (χ3n) is 6.77. The molecule has 2 aliphatic carbocycles. The second-order valence-corrected chi connectivity index (χ2v) is 8.55. The van der Waals surface area contributed by atoms with Crippen molar-refractivity contribution in [2.45, 2.75) is 89.9 Å². The van der Waals surface area contributed by atoms with E-state index >= 15 is 0 Å². The highest BCUT2D eigenvalue weighted by Gasteiger charge is 2.61. The van der Waals surface area contributed by atoms with Crippen molar-refractivity contribution in [1.82, 2.24) is 0 Å². The molecule has 0 spiro atoms. The van der Waals surface area contributed by atoms with Gasteiger partial charge in [0.15, 0.2) is 0 Å². The number of aliphatic carboxylic acids is 1. The van der Waals surface area contributed by atoms with Crippen LogP contribution in [0.2, 0.25) is 0 Å². The quantitative estimate of drug-likeness (QED) is 0.520. The maximum Gasteiger partial charge on any atom is 0.312 e. The number of carboxylic acids is 1. The van der Waals surface area contributed by atoms with E-state index in [9.17, 15) is 27.5 Å². The highest BCUT2D eigenvalue weighted by atomic mass is 19.3. The van der Waals surface area contributed by atoms with Crippen molar-refractivity contribution in [3.63, 3.8) is 0 Å². The molecule has 0 aromatic rings. The van der Waals surface area contributed by atoms with Gasteiger partial charge < -0.3 is 5.11 Å². The summed E-state index contributed by atoms with van der Waals surface area (Å²) < 4.78 is 56.4. The molecule has 0 aromatic heterocycles. The molecule has 1 unspecified atom stereocenters. The topological polar surface area (TPSA) is 37.3 Å². The lowest BCUT2D eigenvalue weighted by Gasteiger charge is -2.45. The molecule has 0 aromatic carbocycles. The van der Waals surface area contributed by atoms with Gasteiger partial charge in [0.2, 0.25) is 0 Å². The Balaban J connectivity index is 2.11. The van der Waals surface area contributed by atoms with Gasteiger partial charge in [-0.05, 0) is 49.9 Å². The molecule has 2 saturated carbocycles. The molecule has 6 heteroatoms. The van der Waals surface area contributed by atoms with E-state index in [1.807, 2.05) is 0 Å². The van der Waals surface area contributed by atoms with Gasteiger partial charge in [0, 0.05) is 12.8 Å². The first-order chi connectivity index (χ1) is 12.1. The molecule has 0 heterocycles. The Bertz CT molecular complexity index is 467. The van der Waals surface area contributed by atoms with Crippen LogP contribution in [0.1, 0.15) is 78.1 Å². The molecule has 3 atom stereocenters. The first-order valence-electron chi connectivity index (χ1n) is 10.1. The molecule has 2 rings (SSSR count). The largest absolute Gasteiger partial charge is 0.481 e. The van der Waals surface area contributed by atoms with Crippen molar-refractivity contribution >= 4 is 5.97 Å². The van der Waals surface area contributed by atoms with Crippen LogP contribution in [0, 0.1) is 29.6 Å². The standard InChI is InChI=1S/C20H32F4O2/c1-3-4-5-13-6-8-14(9-7-13)16-11-10-15(18(25)26)12-17(16)20(23,24)19(2,21)22/h13-17H,3-12H2,1-2H3,(H,25,26)/t13?,14?,15?,16-,17+/m1/s1. The lowest BCUT2D eigenvalue weighted by Crippen LogP contribution is -2.51. The van der Waals surface area contributed by atoms with Crippen molar-refractivity contribution in [1.29, 1.82) is 0 Å². The maximum absolute atomic E-state index is 14.6. The number of unbranched alkanes of at least 4 members (excludes halogenated alkanes) is 1. The minimum atomic E-state index is -4.16. The van der Waals surface area contributed by atoms with Crippen LogP contribution in [-0.4, -0.2) is 22.9 Å². The highest BCUT2D eigenvalue weighted by Crippen LogP contribution is 2.53.